The average molecular weight is 250 g/mol. The summed E-state index contributed by atoms with van der Waals surface area (Å²) in [5, 5.41) is 6.21. The summed E-state index contributed by atoms with van der Waals surface area (Å²) in [6.45, 7) is 5.79. The van der Waals surface area contributed by atoms with E-state index >= 15 is 0 Å². The van der Waals surface area contributed by atoms with Gasteiger partial charge in [-0.25, -0.2) is 0 Å². The Morgan fingerprint density at radius 3 is 2.50 bits per heavy atom. The summed E-state index contributed by atoms with van der Waals surface area (Å²) in [6.07, 6.45) is 2.09. The van der Waals surface area contributed by atoms with Gasteiger partial charge in [0.25, 0.3) is 0 Å². The number of nitrogens with one attached hydrogen (secondary N) is 2. The van der Waals surface area contributed by atoms with Gasteiger partial charge in [0, 0.05) is 18.7 Å². The Hall–Kier alpha value is -1.71. The van der Waals surface area contributed by atoms with Crippen LogP contribution >= 0.6 is 0 Å². The molecule has 100 valence electrons. The number of hydrogen-bond donors (Lipinski definition) is 2. The van der Waals surface area contributed by atoms with Gasteiger partial charge in [0.2, 0.25) is 5.91 Å². The first-order chi connectivity index (χ1) is 8.60. The molecule has 0 fully saturated rings. The van der Waals surface area contributed by atoms with Gasteiger partial charge < -0.3 is 15.4 Å². The van der Waals surface area contributed by atoms with E-state index in [2.05, 4.69) is 24.5 Å². The van der Waals surface area contributed by atoms with Crippen LogP contribution in [-0.4, -0.2) is 19.1 Å². The molecule has 1 aromatic rings. The van der Waals surface area contributed by atoms with Gasteiger partial charge in [0.05, 0.1) is 12.8 Å². The molecule has 0 saturated carbocycles. The lowest BCUT2D eigenvalue weighted by molar-refractivity contribution is -0.114. The lowest BCUT2D eigenvalue weighted by Crippen LogP contribution is -2.17. The van der Waals surface area contributed by atoms with Crippen molar-refractivity contribution in [2.45, 2.75) is 39.7 Å². The quantitative estimate of drug-likeness (QED) is 0.814. The summed E-state index contributed by atoms with van der Waals surface area (Å²) in [7, 11) is 1.64. The van der Waals surface area contributed by atoms with Crippen LogP contribution < -0.4 is 15.4 Å². The van der Waals surface area contributed by atoms with Gasteiger partial charge in [-0.1, -0.05) is 13.8 Å². The molecule has 0 spiro atoms. The van der Waals surface area contributed by atoms with Crippen LogP contribution in [0.15, 0.2) is 18.2 Å². The molecule has 0 atom stereocenters. The number of rotatable bonds is 6. The maximum absolute atomic E-state index is 11.1. The summed E-state index contributed by atoms with van der Waals surface area (Å²) >= 11 is 0. The molecule has 18 heavy (non-hydrogen) atoms. The van der Waals surface area contributed by atoms with Crippen molar-refractivity contribution in [2.75, 3.05) is 17.7 Å². The van der Waals surface area contributed by atoms with Crippen molar-refractivity contribution in [3.63, 3.8) is 0 Å². The molecule has 0 unspecified atom stereocenters. The minimum atomic E-state index is -0.0753. The predicted octanol–water partition coefficient (Wildman–Crippen LogP) is 3.25. The largest absolute Gasteiger partial charge is 0.495 e. The normalized spacial score (nSPS) is 10.3. The third-order valence-electron chi connectivity index (χ3n) is 2.87. The molecule has 4 heteroatoms. The van der Waals surface area contributed by atoms with Gasteiger partial charge in [-0.05, 0) is 31.0 Å². The molecule has 0 bridgehead atoms. The molecule has 2 N–H and O–H groups in total. The molecule has 0 radical (unpaired) electrons. The first-order valence-corrected chi connectivity index (χ1v) is 6.32. The molecule has 0 aliphatic heterocycles. The van der Waals surface area contributed by atoms with E-state index in [4.69, 9.17) is 4.74 Å². The molecule has 1 amide bonds. The average Bonchev–Trinajstić information content (AvgIpc) is 2.35. The number of ether oxygens (including phenoxy) is 1. The Morgan fingerprint density at radius 1 is 1.33 bits per heavy atom. The van der Waals surface area contributed by atoms with Gasteiger partial charge in [0.1, 0.15) is 5.75 Å². The van der Waals surface area contributed by atoms with Crippen LogP contribution in [0.3, 0.4) is 0 Å². The summed E-state index contributed by atoms with van der Waals surface area (Å²) in [6, 6.07) is 6.00. The molecule has 0 aliphatic rings. The monoisotopic (exact) mass is 250 g/mol. The molecule has 0 aromatic heterocycles. The lowest BCUT2D eigenvalue weighted by Gasteiger charge is -2.19. The Balaban J connectivity index is 2.94. The summed E-state index contributed by atoms with van der Waals surface area (Å²) in [5.41, 5.74) is 1.69. The van der Waals surface area contributed by atoms with E-state index in [1.54, 1.807) is 7.11 Å². The van der Waals surface area contributed by atoms with Crippen LogP contribution in [0.2, 0.25) is 0 Å². The van der Waals surface area contributed by atoms with Gasteiger partial charge in [-0.3, -0.25) is 4.79 Å². The van der Waals surface area contributed by atoms with Crippen molar-refractivity contribution in [1.82, 2.24) is 0 Å². The van der Waals surface area contributed by atoms with Crippen molar-refractivity contribution in [1.29, 1.82) is 0 Å². The molecular formula is C14H22N2O2. The molecule has 4 nitrogen and oxygen atoms in total. The Labute approximate surface area is 109 Å². The summed E-state index contributed by atoms with van der Waals surface area (Å²) in [4.78, 5) is 11.1. The van der Waals surface area contributed by atoms with Gasteiger partial charge in [-0.2, -0.15) is 0 Å². The number of benzene rings is 1. The van der Waals surface area contributed by atoms with Crippen LogP contribution in [0.5, 0.6) is 5.75 Å². The van der Waals surface area contributed by atoms with Crippen molar-refractivity contribution in [3.05, 3.63) is 18.2 Å². The van der Waals surface area contributed by atoms with E-state index in [9.17, 15) is 4.79 Å². The highest BCUT2D eigenvalue weighted by atomic mass is 16.5. The highest BCUT2D eigenvalue weighted by Gasteiger charge is 2.09. The van der Waals surface area contributed by atoms with Gasteiger partial charge >= 0.3 is 0 Å². The Kier molecular flexibility index (Phi) is 5.49. The van der Waals surface area contributed by atoms with Crippen LogP contribution in [0.4, 0.5) is 11.4 Å². The highest BCUT2D eigenvalue weighted by molar-refractivity contribution is 5.89. The summed E-state index contributed by atoms with van der Waals surface area (Å²) in [5.74, 6) is 0.713. The third kappa shape index (κ3) is 3.95. The predicted molar refractivity (Wildman–Crippen MR) is 75.3 cm³/mol. The number of carbonyl (C=O) groups is 1. The number of methoxy groups -OCH3 is 1. The first-order valence-electron chi connectivity index (χ1n) is 6.32. The van der Waals surface area contributed by atoms with E-state index < -0.39 is 0 Å². The minimum Gasteiger partial charge on any atom is -0.495 e. The molecule has 1 aromatic carbocycles. The van der Waals surface area contributed by atoms with Crippen LogP contribution in [0.1, 0.15) is 33.6 Å². The molecule has 0 aliphatic carbocycles. The Morgan fingerprint density at radius 2 is 2.00 bits per heavy atom. The molecule has 0 saturated heterocycles. The fourth-order valence-corrected chi connectivity index (χ4v) is 1.81. The fourth-order valence-electron chi connectivity index (χ4n) is 1.81. The second-order valence-corrected chi connectivity index (χ2v) is 4.25. The maximum atomic E-state index is 11.1. The second-order valence-electron chi connectivity index (χ2n) is 4.25. The number of hydrogen-bond acceptors (Lipinski definition) is 3. The van der Waals surface area contributed by atoms with E-state index in [0.29, 0.717) is 6.04 Å². The van der Waals surface area contributed by atoms with E-state index in [-0.39, 0.29) is 5.91 Å². The Bertz CT molecular complexity index is 401. The molecule has 1 rings (SSSR count). The van der Waals surface area contributed by atoms with E-state index in [1.165, 1.54) is 6.92 Å². The van der Waals surface area contributed by atoms with Gasteiger partial charge in [-0.15, -0.1) is 0 Å². The van der Waals surface area contributed by atoms with Crippen molar-refractivity contribution in [2.24, 2.45) is 0 Å². The maximum Gasteiger partial charge on any atom is 0.221 e. The smallest absolute Gasteiger partial charge is 0.221 e. The lowest BCUT2D eigenvalue weighted by atomic mass is 10.1. The standard InChI is InChI=1S/C14H22N2O2/c1-5-11(6-2)16-13-9-12(15-10(3)17)7-8-14(13)18-4/h7-9,11,16H,5-6H2,1-4H3,(H,15,17). The van der Waals surface area contributed by atoms with Crippen LogP contribution in [-0.2, 0) is 4.79 Å². The number of amides is 1. The van der Waals surface area contributed by atoms with Gasteiger partial charge in [0.15, 0.2) is 0 Å². The molecule has 0 heterocycles. The minimum absolute atomic E-state index is 0.0753. The summed E-state index contributed by atoms with van der Waals surface area (Å²) < 4.78 is 5.32. The SMILES string of the molecule is CCC(CC)Nc1cc(NC(C)=O)ccc1OC. The topological polar surface area (TPSA) is 50.4 Å². The van der Waals surface area contributed by atoms with Crippen molar-refractivity contribution >= 4 is 17.3 Å². The highest BCUT2D eigenvalue weighted by Crippen LogP contribution is 2.29. The number of anilines is 2. The van der Waals surface area contributed by atoms with Crippen LogP contribution in [0, 0.1) is 0 Å². The zero-order chi connectivity index (χ0) is 13.5. The van der Waals surface area contributed by atoms with Crippen LogP contribution in [0.25, 0.3) is 0 Å². The molecular weight excluding hydrogens is 228 g/mol. The fraction of sp³-hybridized carbons (Fsp3) is 0.500. The van der Waals surface area contributed by atoms with Crippen molar-refractivity contribution in [3.8, 4) is 5.75 Å². The third-order valence-corrected chi connectivity index (χ3v) is 2.87. The number of carbonyl (C=O) groups excluding carboxylic acids is 1. The van der Waals surface area contributed by atoms with E-state index in [1.807, 2.05) is 18.2 Å². The zero-order valence-corrected chi connectivity index (χ0v) is 11.5. The first kappa shape index (κ1) is 14.4. The van der Waals surface area contributed by atoms with Crippen molar-refractivity contribution < 1.29 is 9.53 Å². The van der Waals surface area contributed by atoms with E-state index in [0.717, 1.165) is 30.0 Å². The second kappa shape index (κ2) is 6.89. The zero-order valence-electron chi connectivity index (χ0n) is 11.5.